The Bertz CT molecular complexity index is 513. The molecule has 1 N–H and O–H groups in total. The SMILES string of the molecule is COc1cccc(OC)c1S(=O)(=O)C1CCCNC1. The van der Waals surface area contributed by atoms with Crippen LogP contribution in [-0.4, -0.2) is 41.0 Å². The summed E-state index contributed by atoms with van der Waals surface area (Å²) in [5, 5.41) is 2.70. The highest BCUT2D eigenvalue weighted by atomic mass is 32.2. The lowest BCUT2D eigenvalue weighted by Gasteiger charge is -2.24. The van der Waals surface area contributed by atoms with E-state index in [1.54, 1.807) is 18.2 Å². The van der Waals surface area contributed by atoms with Gasteiger partial charge in [0.25, 0.3) is 0 Å². The van der Waals surface area contributed by atoms with E-state index in [0.717, 1.165) is 13.0 Å². The molecule has 19 heavy (non-hydrogen) atoms. The van der Waals surface area contributed by atoms with Gasteiger partial charge in [0.15, 0.2) is 14.7 Å². The highest BCUT2D eigenvalue weighted by Gasteiger charge is 2.33. The van der Waals surface area contributed by atoms with E-state index in [1.807, 2.05) is 0 Å². The third-order valence-electron chi connectivity index (χ3n) is 3.36. The van der Waals surface area contributed by atoms with Crippen molar-refractivity contribution < 1.29 is 17.9 Å². The summed E-state index contributed by atoms with van der Waals surface area (Å²) in [7, 11) is -0.530. The smallest absolute Gasteiger partial charge is 0.189 e. The minimum Gasteiger partial charge on any atom is -0.495 e. The molecule has 1 aromatic rings. The van der Waals surface area contributed by atoms with Crippen LogP contribution in [0.4, 0.5) is 0 Å². The molecule has 0 aromatic heterocycles. The van der Waals surface area contributed by atoms with Crippen molar-refractivity contribution >= 4 is 9.84 Å². The summed E-state index contributed by atoms with van der Waals surface area (Å²) >= 11 is 0. The molecule has 2 rings (SSSR count). The number of piperidine rings is 1. The number of hydrogen-bond acceptors (Lipinski definition) is 5. The van der Waals surface area contributed by atoms with Crippen molar-refractivity contribution in [1.29, 1.82) is 0 Å². The normalized spacial score (nSPS) is 20.0. The predicted molar refractivity (Wildman–Crippen MR) is 72.6 cm³/mol. The van der Waals surface area contributed by atoms with Crippen LogP contribution in [0.15, 0.2) is 23.1 Å². The molecule has 1 heterocycles. The molecule has 1 unspecified atom stereocenters. The minimum absolute atomic E-state index is 0.161. The van der Waals surface area contributed by atoms with Gasteiger partial charge in [-0.05, 0) is 31.5 Å². The Kier molecular flexibility index (Phi) is 4.31. The van der Waals surface area contributed by atoms with Crippen LogP contribution in [0.5, 0.6) is 11.5 Å². The van der Waals surface area contributed by atoms with Crippen LogP contribution in [0.2, 0.25) is 0 Å². The van der Waals surface area contributed by atoms with Crippen molar-refractivity contribution in [2.45, 2.75) is 23.0 Å². The molecule has 1 aliphatic heterocycles. The Hall–Kier alpha value is -1.27. The minimum atomic E-state index is -3.46. The molecule has 6 heteroatoms. The van der Waals surface area contributed by atoms with Gasteiger partial charge in [0.05, 0.1) is 19.5 Å². The molecule has 0 radical (unpaired) electrons. The summed E-state index contributed by atoms with van der Waals surface area (Å²) in [6.45, 7) is 1.35. The molecule has 106 valence electrons. The molecule has 0 aliphatic carbocycles. The lowest BCUT2D eigenvalue weighted by Crippen LogP contribution is -2.39. The molecular weight excluding hydrogens is 266 g/mol. The van der Waals surface area contributed by atoms with Crippen LogP contribution < -0.4 is 14.8 Å². The van der Waals surface area contributed by atoms with Crippen molar-refractivity contribution in [3.63, 3.8) is 0 Å². The quantitative estimate of drug-likeness (QED) is 0.901. The van der Waals surface area contributed by atoms with Gasteiger partial charge in [0.2, 0.25) is 0 Å². The molecule has 1 aromatic carbocycles. The topological polar surface area (TPSA) is 64.6 Å². The average molecular weight is 285 g/mol. The highest BCUT2D eigenvalue weighted by molar-refractivity contribution is 7.92. The zero-order chi connectivity index (χ0) is 13.9. The molecule has 5 nitrogen and oxygen atoms in total. The van der Waals surface area contributed by atoms with Crippen LogP contribution in [0.3, 0.4) is 0 Å². The van der Waals surface area contributed by atoms with E-state index in [0.29, 0.717) is 24.5 Å². The van der Waals surface area contributed by atoms with Gasteiger partial charge in [-0.2, -0.15) is 0 Å². The molecule has 1 saturated heterocycles. The predicted octanol–water partition coefficient (Wildman–Crippen LogP) is 1.23. The zero-order valence-electron chi connectivity index (χ0n) is 11.2. The molecule has 1 fully saturated rings. The van der Waals surface area contributed by atoms with Crippen LogP contribution >= 0.6 is 0 Å². The van der Waals surface area contributed by atoms with Crippen LogP contribution in [0.25, 0.3) is 0 Å². The van der Waals surface area contributed by atoms with Crippen molar-refractivity contribution in [3.8, 4) is 11.5 Å². The second kappa shape index (κ2) is 5.79. The van der Waals surface area contributed by atoms with E-state index in [1.165, 1.54) is 14.2 Å². The van der Waals surface area contributed by atoms with Gasteiger partial charge in [0, 0.05) is 6.54 Å². The summed E-state index contributed by atoms with van der Waals surface area (Å²) in [6, 6.07) is 5.01. The Morgan fingerprint density at radius 2 is 1.84 bits per heavy atom. The Morgan fingerprint density at radius 1 is 1.21 bits per heavy atom. The Balaban J connectivity index is 2.49. The van der Waals surface area contributed by atoms with Crippen molar-refractivity contribution in [2.75, 3.05) is 27.3 Å². The maximum atomic E-state index is 12.7. The van der Waals surface area contributed by atoms with E-state index in [4.69, 9.17) is 9.47 Å². The zero-order valence-corrected chi connectivity index (χ0v) is 12.0. The highest BCUT2D eigenvalue weighted by Crippen LogP contribution is 2.36. The molecular formula is C13H19NO4S. The maximum Gasteiger partial charge on any atom is 0.189 e. The summed E-state index contributed by atoms with van der Waals surface area (Å²) in [5.41, 5.74) is 0. The van der Waals surface area contributed by atoms with E-state index < -0.39 is 15.1 Å². The van der Waals surface area contributed by atoms with Crippen LogP contribution in [0.1, 0.15) is 12.8 Å². The summed E-state index contributed by atoms with van der Waals surface area (Å²) in [5.74, 6) is 0.676. The van der Waals surface area contributed by atoms with Gasteiger partial charge in [-0.15, -0.1) is 0 Å². The molecule has 0 saturated carbocycles. The van der Waals surface area contributed by atoms with Crippen LogP contribution in [-0.2, 0) is 9.84 Å². The van der Waals surface area contributed by atoms with E-state index in [9.17, 15) is 8.42 Å². The molecule has 0 spiro atoms. The second-order valence-corrected chi connectivity index (χ2v) is 6.67. The fraction of sp³-hybridized carbons (Fsp3) is 0.538. The number of nitrogens with one attached hydrogen (secondary N) is 1. The Morgan fingerprint density at radius 3 is 2.32 bits per heavy atom. The number of hydrogen-bond donors (Lipinski definition) is 1. The van der Waals surface area contributed by atoms with E-state index in [2.05, 4.69) is 5.32 Å². The number of methoxy groups -OCH3 is 2. The lowest BCUT2D eigenvalue weighted by molar-refractivity contribution is 0.372. The standard InChI is InChI=1S/C13H19NO4S/c1-17-11-6-3-7-12(18-2)13(11)19(15,16)10-5-4-8-14-9-10/h3,6-7,10,14H,4-5,8-9H2,1-2H3. The number of rotatable bonds is 4. The number of sulfone groups is 1. The fourth-order valence-corrected chi connectivity index (χ4v) is 4.36. The van der Waals surface area contributed by atoms with Gasteiger partial charge in [0.1, 0.15) is 11.5 Å². The summed E-state index contributed by atoms with van der Waals surface area (Å²) in [6.07, 6.45) is 1.53. The molecule has 0 amide bonds. The van der Waals surface area contributed by atoms with Crippen molar-refractivity contribution in [3.05, 3.63) is 18.2 Å². The first-order valence-electron chi connectivity index (χ1n) is 6.27. The maximum absolute atomic E-state index is 12.7. The Labute approximate surface area is 113 Å². The molecule has 1 aliphatic rings. The first-order chi connectivity index (χ1) is 9.11. The van der Waals surface area contributed by atoms with Crippen molar-refractivity contribution in [2.24, 2.45) is 0 Å². The molecule has 1 atom stereocenters. The molecule has 0 bridgehead atoms. The summed E-state index contributed by atoms with van der Waals surface area (Å²) in [4.78, 5) is 0.161. The number of benzene rings is 1. The monoisotopic (exact) mass is 285 g/mol. The van der Waals surface area contributed by atoms with Gasteiger partial charge in [-0.25, -0.2) is 8.42 Å². The van der Waals surface area contributed by atoms with Gasteiger partial charge >= 0.3 is 0 Å². The second-order valence-electron chi connectivity index (χ2n) is 4.51. The third-order valence-corrected chi connectivity index (χ3v) is 5.61. The number of ether oxygens (including phenoxy) is 2. The van der Waals surface area contributed by atoms with Gasteiger partial charge < -0.3 is 14.8 Å². The third kappa shape index (κ3) is 2.69. The van der Waals surface area contributed by atoms with Crippen LogP contribution in [0, 0.1) is 0 Å². The average Bonchev–Trinajstić information content (AvgIpc) is 2.47. The fourth-order valence-electron chi connectivity index (χ4n) is 2.35. The van der Waals surface area contributed by atoms with Crippen molar-refractivity contribution in [1.82, 2.24) is 5.32 Å². The first kappa shape index (κ1) is 14.1. The van der Waals surface area contributed by atoms with E-state index >= 15 is 0 Å². The van der Waals surface area contributed by atoms with Gasteiger partial charge in [-0.3, -0.25) is 0 Å². The lowest BCUT2D eigenvalue weighted by atomic mass is 10.2. The summed E-state index contributed by atoms with van der Waals surface area (Å²) < 4.78 is 35.9. The first-order valence-corrected chi connectivity index (χ1v) is 7.81. The van der Waals surface area contributed by atoms with E-state index in [-0.39, 0.29) is 4.90 Å². The van der Waals surface area contributed by atoms with Gasteiger partial charge in [-0.1, -0.05) is 6.07 Å². The largest absolute Gasteiger partial charge is 0.495 e.